The summed E-state index contributed by atoms with van der Waals surface area (Å²) in [6.45, 7) is 0.947. The monoisotopic (exact) mass is 306 g/mol. The summed E-state index contributed by atoms with van der Waals surface area (Å²) in [6.07, 6.45) is 7.20. The first-order chi connectivity index (χ1) is 11.2. The Bertz CT molecular complexity index is 957. The molecular weight excluding hydrogens is 292 g/mol. The minimum absolute atomic E-state index is 0.136. The molecule has 23 heavy (non-hydrogen) atoms. The average molecular weight is 306 g/mol. The highest BCUT2D eigenvalue weighted by atomic mass is 16.4. The number of nitriles is 1. The SMILES string of the molecule is N#Cc1cn(CC2CC2)c2ccc(-n3cc(C(=O)O)cn3)cc12. The Hall–Kier alpha value is -3.07. The minimum Gasteiger partial charge on any atom is -0.478 e. The lowest BCUT2D eigenvalue weighted by molar-refractivity contribution is 0.0697. The fourth-order valence-electron chi connectivity index (χ4n) is 2.82. The number of carboxylic acids is 1. The number of hydrogen-bond donors (Lipinski definition) is 1. The Morgan fingerprint density at radius 3 is 2.87 bits per heavy atom. The molecule has 0 unspecified atom stereocenters. The van der Waals surface area contributed by atoms with Crippen molar-refractivity contribution in [1.82, 2.24) is 14.3 Å². The summed E-state index contributed by atoms with van der Waals surface area (Å²) in [5.74, 6) is -0.285. The van der Waals surface area contributed by atoms with Gasteiger partial charge in [-0.1, -0.05) is 0 Å². The minimum atomic E-state index is -1.01. The molecule has 0 radical (unpaired) electrons. The van der Waals surface area contributed by atoms with Crippen molar-refractivity contribution in [3.05, 3.63) is 47.9 Å². The zero-order chi connectivity index (χ0) is 16.0. The van der Waals surface area contributed by atoms with Gasteiger partial charge in [0, 0.05) is 29.8 Å². The standard InChI is InChI=1S/C17H14N4O2/c18-6-12-9-20(8-11-1-2-11)16-4-3-14(5-15(12)16)21-10-13(7-19-21)17(22)23/h3-5,7,9-11H,1-2,8H2,(H,22,23). The third-order valence-electron chi connectivity index (χ3n) is 4.23. The van der Waals surface area contributed by atoms with E-state index in [1.54, 1.807) is 0 Å². The summed E-state index contributed by atoms with van der Waals surface area (Å²) in [7, 11) is 0. The molecule has 4 rings (SSSR count). The molecule has 0 amide bonds. The first-order valence-corrected chi connectivity index (χ1v) is 7.47. The van der Waals surface area contributed by atoms with Gasteiger partial charge in [-0.25, -0.2) is 9.48 Å². The van der Waals surface area contributed by atoms with Crippen LogP contribution in [0.5, 0.6) is 0 Å². The number of fused-ring (bicyclic) bond motifs is 1. The summed E-state index contributed by atoms with van der Waals surface area (Å²) < 4.78 is 3.66. The Balaban J connectivity index is 1.80. The molecule has 1 aliphatic rings. The van der Waals surface area contributed by atoms with Crippen molar-refractivity contribution < 1.29 is 9.90 Å². The second-order valence-electron chi connectivity index (χ2n) is 5.93. The molecule has 114 valence electrons. The maximum atomic E-state index is 11.0. The Labute approximate surface area is 132 Å². The molecule has 3 aromatic rings. The summed E-state index contributed by atoms with van der Waals surface area (Å²) in [5.41, 5.74) is 2.54. The molecule has 0 atom stereocenters. The summed E-state index contributed by atoms with van der Waals surface area (Å²) in [4.78, 5) is 11.0. The number of carboxylic acid groups (broad SMARTS) is 1. The van der Waals surface area contributed by atoms with Crippen LogP contribution in [0, 0.1) is 17.2 Å². The molecule has 1 N–H and O–H groups in total. The number of rotatable bonds is 4. The van der Waals surface area contributed by atoms with Crippen molar-refractivity contribution in [3.8, 4) is 11.8 Å². The van der Waals surface area contributed by atoms with Crippen molar-refractivity contribution in [2.24, 2.45) is 5.92 Å². The van der Waals surface area contributed by atoms with Gasteiger partial charge in [-0.2, -0.15) is 10.4 Å². The van der Waals surface area contributed by atoms with Gasteiger partial charge in [0.05, 0.1) is 23.0 Å². The van der Waals surface area contributed by atoms with Crippen molar-refractivity contribution in [1.29, 1.82) is 5.26 Å². The Morgan fingerprint density at radius 1 is 1.39 bits per heavy atom. The second kappa shape index (κ2) is 4.99. The van der Waals surface area contributed by atoms with Gasteiger partial charge in [0.25, 0.3) is 0 Å². The topological polar surface area (TPSA) is 83.8 Å². The van der Waals surface area contributed by atoms with Crippen LogP contribution in [0.25, 0.3) is 16.6 Å². The predicted octanol–water partition coefficient (Wildman–Crippen LogP) is 2.81. The molecule has 0 spiro atoms. The highest BCUT2D eigenvalue weighted by molar-refractivity contribution is 5.89. The molecule has 1 fully saturated rings. The third-order valence-corrected chi connectivity index (χ3v) is 4.23. The number of hydrogen-bond acceptors (Lipinski definition) is 3. The van der Waals surface area contributed by atoms with Crippen LogP contribution in [0.15, 0.2) is 36.8 Å². The van der Waals surface area contributed by atoms with Crippen LogP contribution in [-0.2, 0) is 6.54 Å². The lowest BCUT2D eigenvalue weighted by Gasteiger charge is -2.05. The van der Waals surface area contributed by atoms with E-state index >= 15 is 0 Å². The fourth-order valence-corrected chi connectivity index (χ4v) is 2.82. The summed E-state index contributed by atoms with van der Waals surface area (Å²) in [5, 5.41) is 23.3. The van der Waals surface area contributed by atoms with E-state index < -0.39 is 5.97 Å². The van der Waals surface area contributed by atoms with Crippen molar-refractivity contribution >= 4 is 16.9 Å². The van der Waals surface area contributed by atoms with Crippen LogP contribution in [0.2, 0.25) is 0 Å². The number of nitrogens with zero attached hydrogens (tertiary/aromatic N) is 4. The van der Waals surface area contributed by atoms with E-state index in [9.17, 15) is 10.1 Å². The first kappa shape index (κ1) is 13.6. The zero-order valence-corrected chi connectivity index (χ0v) is 12.3. The molecule has 6 nitrogen and oxygen atoms in total. The van der Waals surface area contributed by atoms with Gasteiger partial charge in [0.15, 0.2) is 0 Å². The summed E-state index contributed by atoms with van der Waals surface area (Å²) in [6, 6.07) is 7.99. The number of aromatic carboxylic acids is 1. The van der Waals surface area contributed by atoms with Gasteiger partial charge < -0.3 is 9.67 Å². The molecule has 1 saturated carbocycles. The van der Waals surface area contributed by atoms with Crippen LogP contribution in [-0.4, -0.2) is 25.4 Å². The lowest BCUT2D eigenvalue weighted by atomic mass is 10.1. The van der Waals surface area contributed by atoms with Crippen LogP contribution in [0.1, 0.15) is 28.8 Å². The first-order valence-electron chi connectivity index (χ1n) is 7.47. The quantitative estimate of drug-likeness (QED) is 0.803. The van der Waals surface area contributed by atoms with Crippen LogP contribution in [0.4, 0.5) is 0 Å². The lowest BCUT2D eigenvalue weighted by Crippen LogP contribution is -1.98. The fraction of sp³-hybridized carbons (Fsp3) is 0.235. The van der Waals surface area contributed by atoms with Gasteiger partial charge in [0.1, 0.15) is 6.07 Å². The van der Waals surface area contributed by atoms with Crippen LogP contribution >= 0.6 is 0 Å². The highest BCUT2D eigenvalue weighted by Crippen LogP contribution is 2.33. The Morgan fingerprint density at radius 2 is 2.22 bits per heavy atom. The van der Waals surface area contributed by atoms with E-state index in [0.717, 1.165) is 29.1 Å². The van der Waals surface area contributed by atoms with Crippen molar-refractivity contribution in [2.75, 3.05) is 0 Å². The molecule has 0 bridgehead atoms. The van der Waals surface area contributed by atoms with E-state index in [-0.39, 0.29) is 5.56 Å². The smallest absolute Gasteiger partial charge is 0.338 e. The number of benzene rings is 1. The van der Waals surface area contributed by atoms with Gasteiger partial charge in [0.2, 0.25) is 0 Å². The molecule has 0 saturated heterocycles. The van der Waals surface area contributed by atoms with Gasteiger partial charge in [-0.15, -0.1) is 0 Å². The predicted molar refractivity (Wildman–Crippen MR) is 83.5 cm³/mol. The van der Waals surface area contributed by atoms with E-state index in [2.05, 4.69) is 15.7 Å². The van der Waals surface area contributed by atoms with Crippen molar-refractivity contribution in [2.45, 2.75) is 19.4 Å². The number of carbonyl (C=O) groups is 1. The number of aromatic nitrogens is 3. The Kier molecular flexibility index (Phi) is 2.95. The molecule has 6 heteroatoms. The average Bonchev–Trinajstić information content (AvgIpc) is 3.11. The zero-order valence-electron chi connectivity index (χ0n) is 12.3. The maximum Gasteiger partial charge on any atom is 0.338 e. The molecule has 0 aliphatic heterocycles. The molecular formula is C17H14N4O2. The van der Waals surface area contributed by atoms with Gasteiger partial charge in [-0.05, 0) is 37.0 Å². The molecule has 1 aliphatic carbocycles. The third kappa shape index (κ3) is 2.36. The van der Waals surface area contributed by atoms with E-state index in [1.165, 1.54) is 29.9 Å². The van der Waals surface area contributed by atoms with Gasteiger partial charge >= 0.3 is 5.97 Å². The highest BCUT2D eigenvalue weighted by Gasteiger charge is 2.23. The second-order valence-corrected chi connectivity index (χ2v) is 5.93. The molecule has 2 aromatic heterocycles. The summed E-state index contributed by atoms with van der Waals surface area (Å²) >= 11 is 0. The molecule has 2 heterocycles. The van der Waals surface area contributed by atoms with E-state index in [1.807, 2.05) is 24.4 Å². The van der Waals surface area contributed by atoms with Crippen molar-refractivity contribution in [3.63, 3.8) is 0 Å². The van der Waals surface area contributed by atoms with E-state index in [0.29, 0.717) is 5.56 Å². The van der Waals surface area contributed by atoms with Crippen LogP contribution in [0.3, 0.4) is 0 Å². The molecule has 1 aromatic carbocycles. The largest absolute Gasteiger partial charge is 0.478 e. The van der Waals surface area contributed by atoms with Gasteiger partial charge in [-0.3, -0.25) is 0 Å². The maximum absolute atomic E-state index is 11.0. The normalized spacial score (nSPS) is 14.0. The van der Waals surface area contributed by atoms with Crippen LogP contribution < -0.4 is 0 Å². The van der Waals surface area contributed by atoms with E-state index in [4.69, 9.17) is 5.11 Å².